The van der Waals surface area contributed by atoms with E-state index in [1.54, 1.807) is 11.1 Å². The van der Waals surface area contributed by atoms with Gasteiger partial charge in [0, 0.05) is 46.0 Å². The molecule has 0 saturated carbocycles. The number of aromatic nitrogens is 4. The number of carbonyl (C=O) groups is 1. The molecule has 1 saturated heterocycles. The summed E-state index contributed by atoms with van der Waals surface area (Å²) in [5.41, 5.74) is 8.89. The minimum absolute atomic E-state index is 0.0309. The number of nitrogen functional groups attached to an aromatic ring is 1. The first kappa shape index (κ1) is 20.6. The van der Waals surface area contributed by atoms with Gasteiger partial charge < -0.3 is 25.8 Å². The van der Waals surface area contributed by atoms with Gasteiger partial charge in [-0.2, -0.15) is 4.98 Å². The highest BCUT2D eigenvalue weighted by molar-refractivity contribution is 5.90. The van der Waals surface area contributed by atoms with Crippen LogP contribution in [0.5, 0.6) is 0 Å². The van der Waals surface area contributed by atoms with Crippen molar-refractivity contribution in [3.05, 3.63) is 36.2 Å². The number of amides is 2. The fraction of sp³-hybridized carbons (Fsp3) is 0.381. The zero-order chi connectivity index (χ0) is 22.1. The van der Waals surface area contributed by atoms with E-state index in [0.29, 0.717) is 48.1 Å². The van der Waals surface area contributed by atoms with Crippen molar-refractivity contribution in [3.8, 4) is 0 Å². The molecule has 0 aliphatic carbocycles. The highest BCUT2D eigenvalue weighted by Crippen LogP contribution is 2.23. The molecule has 1 aliphatic rings. The van der Waals surface area contributed by atoms with Crippen molar-refractivity contribution < 1.29 is 4.79 Å². The summed E-state index contributed by atoms with van der Waals surface area (Å²) in [6.07, 6.45) is 1.67. The average molecular weight is 422 g/mol. The van der Waals surface area contributed by atoms with Gasteiger partial charge in [-0.05, 0) is 38.1 Å². The monoisotopic (exact) mass is 421 g/mol. The van der Waals surface area contributed by atoms with Crippen LogP contribution in [0.15, 0.2) is 30.5 Å². The maximum Gasteiger partial charge on any atom is 0.322 e. The molecule has 0 aromatic carbocycles. The zero-order valence-electron chi connectivity index (χ0n) is 18.2. The van der Waals surface area contributed by atoms with Crippen molar-refractivity contribution in [2.24, 2.45) is 0 Å². The molecular formula is C21H27N9O. The molecular weight excluding hydrogens is 394 g/mol. The number of pyridine rings is 2. The van der Waals surface area contributed by atoms with Crippen LogP contribution in [-0.2, 0) is 0 Å². The topological polar surface area (TPSA) is 116 Å². The summed E-state index contributed by atoms with van der Waals surface area (Å²) in [7, 11) is 3.87. The van der Waals surface area contributed by atoms with Crippen LogP contribution >= 0.6 is 0 Å². The first-order valence-electron chi connectivity index (χ1n) is 10.2. The van der Waals surface area contributed by atoms with Gasteiger partial charge in [0.1, 0.15) is 11.3 Å². The molecule has 31 heavy (non-hydrogen) atoms. The molecule has 4 heterocycles. The van der Waals surface area contributed by atoms with Gasteiger partial charge in [0.25, 0.3) is 0 Å². The fourth-order valence-electron chi connectivity index (χ4n) is 3.67. The van der Waals surface area contributed by atoms with Crippen molar-refractivity contribution in [2.75, 3.05) is 54.6 Å². The molecule has 0 radical (unpaired) electrons. The first-order valence-corrected chi connectivity index (χ1v) is 10.2. The SMILES string of the molecule is Cc1nc(N(C)C)ccc1NC(=O)N1CCN(c2nc(N)c3ncccc3n2)[C@@H](C)C1. The van der Waals surface area contributed by atoms with Gasteiger partial charge in [0.05, 0.1) is 16.9 Å². The Balaban J connectivity index is 1.45. The summed E-state index contributed by atoms with van der Waals surface area (Å²) in [5, 5.41) is 2.98. The van der Waals surface area contributed by atoms with Crippen molar-refractivity contribution in [1.82, 2.24) is 24.8 Å². The van der Waals surface area contributed by atoms with Gasteiger partial charge in [-0.1, -0.05) is 0 Å². The van der Waals surface area contributed by atoms with Gasteiger partial charge in [0.2, 0.25) is 5.95 Å². The molecule has 0 spiro atoms. The highest BCUT2D eigenvalue weighted by atomic mass is 16.2. The van der Waals surface area contributed by atoms with Crippen molar-refractivity contribution in [2.45, 2.75) is 19.9 Å². The Morgan fingerprint density at radius 2 is 2.00 bits per heavy atom. The molecule has 2 amide bonds. The van der Waals surface area contributed by atoms with Crippen LogP contribution in [0.1, 0.15) is 12.6 Å². The van der Waals surface area contributed by atoms with Crippen LogP contribution in [0.3, 0.4) is 0 Å². The zero-order valence-corrected chi connectivity index (χ0v) is 18.2. The number of rotatable bonds is 3. The van der Waals surface area contributed by atoms with Gasteiger partial charge in [0.15, 0.2) is 5.82 Å². The summed E-state index contributed by atoms with van der Waals surface area (Å²) in [4.78, 5) is 36.5. The molecule has 10 heteroatoms. The minimum atomic E-state index is -0.142. The lowest BCUT2D eigenvalue weighted by Crippen LogP contribution is -2.55. The molecule has 4 rings (SSSR count). The number of piperazine rings is 1. The number of fused-ring (bicyclic) bond motifs is 1. The summed E-state index contributed by atoms with van der Waals surface area (Å²) in [6.45, 7) is 5.64. The lowest BCUT2D eigenvalue weighted by atomic mass is 10.2. The van der Waals surface area contributed by atoms with Gasteiger partial charge in [-0.3, -0.25) is 4.98 Å². The van der Waals surface area contributed by atoms with Crippen LogP contribution < -0.4 is 20.9 Å². The molecule has 1 aliphatic heterocycles. The third kappa shape index (κ3) is 4.14. The van der Waals surface area contributed by atoms with Crippen LogP contribution in [0.4, 0.5) is 28.1 Å². The summed E-state index contributed by atoms with van der Waals surface area (Å²) >= 11 is 0. The standard InChI is InChI=1S/C21H27N9O/c1-13-12-29(21(31)26-15-7-8-17(28(3)4)24-14(15)2)10-11-30(13)20-25-16-6-5-9-23-18(16)19(22)27-20/h5-9,13H,10-12H2,1-4H3,(H,26,31)(H2,22,25,27)/t13-/m0/s1. The fourth-order valence-corrected chi connectivity index (χ4v) is 3.67. The molecule has 10 nitrogen and oxygen atoms in total. The second-order valence-electron chi connectivity index (χ2n) is 7.90. The normalized spacial score (nSPS) is 16.5. The number of urea groups is 1. The molecule has 162 valence electrons. The number of anilines is 4. The van der Waals surface area contributed by atoms with E-state index >= 15 is 0 Å². The minimum Gasteiger partial charge on any atom is -0.382 e. The molecule has 0 bridgehead atoms. The Morgan fingerprint density at radius 3 is 2.71 bits per heavy atom. The number of nitrogens with two attached hydrogens (primary N) is 1. The van der Waals surface area contributed by atoms with E-state index in [1.165, 1.54) is 0 Å². The third-order valence-corrected chi connectivity index (χ3v) is 5.41. The Labute approximate surface area is 181 Å². The average Bonchev–Trinajstić information content (AvgIpc) is 2.74. The Bertz CT molecular complexity index is 1120. The molecule has 1 fully saturated rings. The van der Waals surface area contributed by atoms with Gasteiger partial charge >= 0.3 is 6.03 Å². The number of hydrogen-bond donors (Lipinski definition) is 2. The number of nitrogens with zero attached hydrogens (tertiary/aromatic N) is 7. The van der Waals surface area contributed by atoms with E-state index in [-0.39, 0.29) is 12.1 Å². The summed E-state index contributed by atoms with van der Waals surface area (Å²) in [6, 6.07) is 7.36. The predicted octanol–water partition coefficient (Wildman–Crippen LogP) is 2.12. The maximum atomic E-state index is 12.9. The van der Waals surface area contributed by atoms with Gasteiger partial charge in [-0.25, -0.2) is 14.8 Å². The Morgan fingerprint density at radius 1 is 1.19 bits per heavy atom. The molecule has 3 aromatic heterocycles. The molecule has 3 aromatic rings. The van der Waals surface area contributed by atoms with E-state index in [0.717, 1.165) is 11.5 Å². The highest BCUT2D eigenvalue weighted by Gasteiger charge is 2.29. The lowest BCUT2D eigenvalue weighted by Gasteiger charge is -2.39. The summed E-state index contributed by atoms with van der Waals surface area (Å²) < 4.78 is 0. The maximum absolute atomic E-state index is 12.9. The van der Waals surface area contributed by atoms with E-state index in [9.17, 15) is 4.79 Å². The first-order chi connectivity index (χ1) is 14.8. The van der Waals surface area contributed by atoms with Crippen LogP contribution in [-0.4, -0.2) is 70.6 Å². The largest absolute Gasteiger partial charge is 0.382 e. The van der Waals surface area contributed by atoms with E-state index in [4.69, 9.17) is 5.73 Å². The summed E-state index contributed by atoms with van der Waals surface area (Å²) in [5.74, 6) is 1.77. The van der Waals surface area contributed by atoms with E-state index in [2.05, 4.69) is 30.2 Å². The number of hydrogen-bond acceptors (Lipinski definition) is 8. The molecule has 3 N–H and O–H groups in total. The predicted molar refractivity (Wildman–Crippen MR) is 122 cm³/mol. The lowest BCUT2D eigenvalue weighted by molar-refractivity contribution is 0.199. The van der Waals surface area contributed by atoms with Crippen LogP contribution in [0.2, 0.25) is 0 Å². The van der Waals surface area contributed by atoms with Crippen molar-refractivity contribution in [1.29, 1.82) is 0 Å². The third-order valence-electron chi connectivity index (χ3n) is 5.41. The van der Waals surface area contributed by atoms with Crippen LogP contribution in [0, 0.1) is 6.92 Å². The second kappa shape index (κ2) is 8.21. The van der Waals surface area contributed by atoms with Crippen LogP contribution in [0.25, 0.3) is 11.0 Å². The molecule has 1 atom stereocenters. The smallest absolute Gasteiger partial charge is 0.322 e. The van der Waals surface area contributed by atoms with E-state index < -0.39 is 0 Å². The van der Waals surface area contributed by atoms with Crippen molar-refractivity contribution in [3.63, 3.8) is 0 Å². The quantitative estimate of drug-likeness (QED) is 0.661. The second-order valence-corrected chi connectivity index (χ2v) is 7.90. The number of aryl methyl sites for hydroxylation is 1. The van der Waals surface area contributed by atoms with Gasteiger partial charge in [-0.15, -0.1) is 0 Å². The Kier molecular flexibility index (Phi) is 5.45. The number of nitrogens with one attached hydrogen (secondary N) is 1. The molecule has 0 unspecified atom stereocenters. The van der Waals surface area contributed by atoms with Crippen molar-refractivity contribution >= 4 is 40.3 Å². The van der Waals surface area contributed by atoms with E-state index in [1.807, 2.05) is 57.1 Å². The Hall–Kier alpha value is -3.69. The number of carbonyl (C=O) groups excluding carboxylic acids is 1.